The highest BCUT2D eigenvalue weighted by Gasteiger charge is 2.19. The van der Waals surface area contributed by atoms with E-state index in [1.807, 2.05) is 0 Å². The number of halogens is 1. The van der Waals surface area contributed by atoms with Crippen molar-refractivity contribution in [2.24, 2.45) is 0 Å². The standard InChI is InChI=1S/C24H19ClN4O2/c1-16-7-9-17(10-8-16)11-12-19-21(31-20-6-3-2-5-18(20)15-30)22(25)29-24(28-19)23-26-13-4-14-27-23/h2-10,13-15H,11-12H2,1H3. The largest absolute Gasteiger partial charge is 0.451 e. The molecule has 0 saturated heterocycles. The zero-order valence-corrected chi connectivity index (χ0v) is 17.6. The maximum absolute atomic E-state index is 11.4. The van der Waals surface area contributed by atoms with Gasteiger partial charge in [0.25, 0.3) is 0 Å². The van der Waals surface area contributed by atoms with Gasteiger partial charge in [-0.25, -0.2) is 19.9 Å². The van der Waals surface area contributed by atoms with Gasteiger partial charge >= 0.3 is 0 Å². The van der Waals surface area contributed by atoms with E-state index in [0.29, 0.717) is 40.8 Å². The van der Waals surface area contributed by atoms with Crippen LogP contribution >= 0.6 is 11.6 Å². The summed E-state index contributed by atoms with van der Waals surface area (Å²) < 4.78 is 6.03. The fourth-order valence-corrected chi connectivity index (χ4v) is 3.28. The summed E-state index contributed by atoms with van der Waals surface area (Å²) in [5, 5.41) is 0.136. The number of para-hydroxylation sites is 1. The van der Waals surface area contributed by atoms with E-state index in [2.05, 4.69) is 51.1 Å². The summed E-state index contributed by atoms with van der Waals surface area (Å²) >= 11 is 6.51. The quantitative estimate of drug-likeness (QED) is 0.293. The molecule has 0 aliphatic rings. The maximum atomic E-state index is 11.4. The van der Waals surface area contributed by atoms with Crippen LogP contribution in [-0.4, -0.2) is 26.2 Å². The fraction of sp³-hybridized carbons (Fsp3) is 0.125. The SMILES string of the molecule is Cc1ccc(CCc2nc(-c3ncccn3)nc(Cl)c2Oc2ccccc2C=O)cc1. The molecule has 7 heteroatoms. The summed E-state index contributed by atoms with van der Waals surface area (Å²) in [6.07, 6.45) is 5.27. The molecule has 2 aromatic heterocycles. The van der Waals surface area contributed by atoms with Crippen LogP contribution in [-0.2, 0) is 12.8 Å². The Morgan fingerprint density at radius 3 is 2.39 bits per heavy atom. The second-order valence-corrected chi connectivity index (χ2v) is 7.29. The van der Waals surface area contributed by atoms with Crippen LogP contribution in [0.3, 0.4) is 0 Å². The second kappa shape index (κ2) is 9.45. The third-order valence-electron chi connectivity index (χ3n) is 4.69. The van der Waals surface area contributed by atoms with E-state index < -0.39 is 0 Å². The highest BCUT2D eigenvalue weighted by molar-refractivity contribution is 6.31. The normalized spacial score (nSPS) is 10.6. The summed E-state index contributed by atoms with van der Waals surface area (Å²) in [4.78, 5) is 28.8. The Labute approximate surface area is 185 Å². The number of aromatic nitrogens is 4. The van der Waals surface area contributed by atoms with Crippen LogP contribution in [0.2, 0.25) is 5.15 Å². The van der Waals surface area contributed by atoms with Crippen molar-refractivity contribution in [2.75, 3.05) is 0 Å². The number of aldehydes is 1. The van der Waals surface area contributed by atoms with Gasteiger partial charge in [0.1, 0.15) is 5.75 Å². The van der Waals surface area contributed by atoms with Gasteiger partial charge in [-0.2, -0.15) is 0 Å². The smallest absolute Gasteiger partial charge is 0.199 e. The van der Waals surface area contributed by atoms with E-state index in [1.54, 1.807) is 42.7 Å². The molecule has 4 aromatic rings. The van der Waals surface area contributed by atoms with Gasteiger partial charge in [-0.15, -0.1) is 0 Å². The highest BCUT2D eigenvalue weighted by atomic mass is 35.5. The predicted molar refractivity (Wildman–Crippen MR) is 119 cm³/mol. The lowest BCUT2D eigenvalue weighted by Gasteiger charge is -2.14. The molecule has 2 aromatic carbocycles. The van der Waals surface area contributed by atoms with Crippen molar-refractivity contribution in [3.63, 3.8) is 0 Å². The van der Waals surface area contributed by atoms with Crippen LogP contribution in [0.15, 0.2) is 67.0 Å². The van der Waals surface area contributed by atoms with Crippen molar-refractivity contribution in [3.05, 3.63) is 94.5 Å². The maximum Gasteiger partial charge on any atom is 0.199 e. The molecular weight excluding hydrogens is 412 g/mol. The summed E-state index contributed by atoms with van der Waals surface area (Å²) in [7, 11) is 0. The van der Waals surface area contributed by atoms with E-state index >= 15 is 0 Å². The van der Waals surface area contributed by atoms with Crippen LogP contribution in [0.5, 0.6) is 11.5 Å². The number of hydrogen-bond acceptors (Lipinski definition) is 6. The lowest BCUT2D eigenvalue weighted by Crippen LogP contribution is -2.05. The van der Waals surface area contributed by atoms with Gasteiger partial charge in [0.15, 0.2) is 28.8 Å². The van der Waals surface area contributed by atoms with Crippen molar-refractivity contribution >= 4 is 17.9 Å². The van der Waals surface area contributed by atoms with Crippen molar-refractivity contribution in [1.29, 1.82) is 0 Å². The first-order chi connectivity index (χ1) is 15.1. The second-order valence-electron chi connectivity index (χ2n) is 6.93. The molecule has 31 heavy (non-hydrogen) atoms. The minimum atomic E-state index is 0.136. The lowest BCUT2D eigenvalue weighted by atomic mass is 10.1. The number of carbonyl (C=O) groups is 1. The molecule has 0 amide bonds. The van der Waals surface area contributed by atoms with Crippen molar-refractivity contribution in [2.45, 2.75) is 19.8 Å². The number of ether oxygens (including phenoxy) is 1. The molecule has 0 unspecified atom stereocenters. The van der Waals surface area contributed by atoms with Gasteiger partial charge in [-0.1, -0.05) is 53.6 Å². The van der Waals surface area contributed by atoms with Crippen LogP contribution in [0.1, 0.15) is 27.2 Å². The Morgan fingerprint density at radius 2 is 1.65 bits per heavy atom. The summed E-state index contributed by atoms with van der Waals surface area (Å²) in [6.45, 7) is 2.05. The monoisotopic (exact) mass is 430 g/mol. The molecule has 0 spiro atoms. The van der Waals surface area contributed by atoms with Gasteiger partial charge in [0.2, 0.25) is 0 Å². The third-order valence-corrected chi connectivity index (χ3v) is 4.95. The molecule has 0 atom stereocenters. The fourth-order valence-electron chi connectivity index (χ4n) is 3.05. The summed E-state index contributed by atoms with van der Waals surface area (Å²) in [6, 6.07) is 17.0. The molecule has 6 nitrogen and oxygen atoms in total. The molecule has 0 bridgehead atoms. The number of benzene rings is 2. The van der Waals surface area contributed by atoms with Crippen LogP contribution < -0.4 is 4.74 Å². The Morgan fingerprint density at radius 1 is 0.903 bits per heavy atom. The average Bonchev–Trinajstić information content (AvgIpc) is 2.81. The van der Waals surface area contributed by atoms with Gasteiger partial charge in [0, 0.05) is 12.4 Å². The molecular formula is C24H19ClN4O2. The molecule has 0 N–H and O–H groups in total. The molecule has 0 aliphatic heterocycles. The summed E-state index contributed by atoms with van der Waals surface area (Å²) in [5.41, 5.74) is 3.39. The van der Waals surface area contributed by atoms with Crippen LogP contribution in [0.4, 0.5) is 0 Å². The van der Waals surface area contributed by atoms with Crippen molar-refractivity contribution in [3.8, 4) is 23.1 Å². The number of hydrogen-bond donors (Lipinski definition) is 0. The average molecular weight is 431 g/mol. The van der Waals surface area contributed by atoms with Crippen LogP contribution in [0, 0.1) is 6.92 Å². The lowest BCUT2D eigenvalue weighted by molar-refractivity contribution is 0.112. The number of nitrogens with zero attached hydrogens (tertiary/aromatic N) is 4. The van der Waals surface area contributed by atoms with Gasteiger partial charge in [-0.3, -0.25) is 4.79 Å². The molecule has 2 heterocycles. The Bertz CT molecular complexity index is 1200. The Hall–Kier alpha value is -3.64. The number of carbonyl (C=O) groups excluding carboxylic acids is 1. The molecule has 0 aliphatic carbocycles. The highest BCUT2D eigenvalue weighted by Crippen LogP contribution is 2.34. The van der Waals surface area contributed by atoms with Crippen LogP contribution in [0.25, 0.3) is 11.6 Å². The molecule has 4 rings (SSSR count). The first kappa shape index (κ1) is 20.6. The zero-order valence-electron chi connectivity index (χ0n) is 16.8. The minimum Gasteiger partial charge on any atom is -0.451 e. The van der Waals surface area contributed by atoms with E-state index in [0.717, 1.165) is 18.3 Å². The van der Waals surface area contributed by atoms with E-state index in [9.17, 15) is 4.79 Å². The predicted octanol–water partition coefficient (Wildman–Crippen LogP) is 5.29. The first-order valence-corrected chi connectivity index (χ1v) is 10.1. The minimum absolute atomic E-state index is 0.136. The van der Waals surface area contributed by atoms with Gasteiger partial charge in [0.05, 0.1) is 11.3 Å². The van der Waals surface area contributed by atoms with E-state index in [1.165, 1.54) is 5.56 Å². The third kappa shape index (κ3) is 4.92. The molecule has 0 saturated carbocycles. The number of rotatable bonds is 7. The zero-order chi connectivity index (χ0) is 21.6. The summed E-state index contributed by atoms with van der Waals surface area (Å²) in [5.74, 6) is 1.41. The topological polar surface area (TPSA) is 77.9 Å². The molecule has 0 fully saturated rings. The van der Waals surface area contributed by atoms with E-state index in [4.69, 9.17) is 16.3 Å². The van der Waals surface area contributed by atoms with E-state index in [-0.39, 0.29) is 5.15 Å². The first-order valence-electron chi connectivity index (χ1n) is 9.75. The van der Waals surface area contributed by atoms with Gasteiger partial charge in [-0.05, 0) is 43.5 Å². The Balaban J connectivity index is 1.73. The Kier molecular flexibility index (Phi) is 6.29. The van der Waals surface area contributed by atoms with Crippen molar-refractivity contribution < 1.29 is 9.53 Å². The molecule has 0 radical (unpaired) electrons. The molecule has 154 valence electrons. The van der Waals surface area contributed by atoms with Crippen molar-refractivity contribution in [1.82, 2.24) is 19.9 Å². The van der Waals surface area contributed by atoms with Gasteiger partial charge < -0.3 is 4.74 Å². The number of aryl methyl sites for hydroxylation is 3.